The average Bonchev–Trinajstić information content (AvgIpc) is 3.37. The van der Waals surface area contributed by atoms with Crippen LogP contribution in [0.25, 0.3) is 28.0 Å². The zero-order valence-corrected chi connectivity index (χ0v) is 24.9. The minimum absolute atomic E-state index is 0.0888. The van der Waals surface area contributed by atoms with Gasteiger partial charge in [0.1, 0.15) is 5.65 Å². The largest absolute Gasteiger partial charge is 0.370 e. The fourth-order valence-corrected chi connectivity index (χ4v) is 5.99. The molecule has 0 unspecified atom stereocenters. The number of H-pyrrole nitrogens is 1. The highest BCUT2D eigenvalue weighted by molar-refractivity contribution is 6.31. The van der Waals surface area contributed by atoms with Gasteiger partial charge in [-0.15, -0.1) is 0 Å². The third-order valence-electron chi connectivity index (χ3n) is 7.96. The highest BCUT2D eigenvalue weighted by Gasteiger charge is 2.22. The molecule has 1 aliphatic heterocycles. The number of hydrogen-bond donors (Lipinski definition) is 4. The van der Waals surface area contributed by atoms with Gasteiger partial charge < -0.3 is 21.8 Å². The lowest BCUT2D eigenvalue weighted by atomic mass is 9.92. The van der Waals surface area contributed by atoms with Crippen molar-refractivity contribution in [3.63, 3.8) is 0 Å². The molecule has 0 aliphatic carbocycles. The van der Waals surface area contributed by atoms with E-state index < -0.39 is 11.5 Å². The molecule has 2 atom stereocenters. The summed E-state index contributed by atoms with van der Waals surface area (Å²) >= 11 is 6.27. The van der Waals surface area contributed by atoms with Gasteiger partial charge in [-0.1, -0.05) is 50.4 Å². The molecule has 1 saturated heterocycles. The summed E-state index contributed by atoms with van der Waals surface area (Å²) in [6, 6.07) is 13.9. The third kappa shape index (κ3) is 7.02. The quantitative estimate of drug-likeness (QED) is 0.133. The number of guanidine groups is 1. The van der Waals surface area contributed by atoms with E-state index in [0.29, 0.717) is 46.5 Å². The second kappa shape index (κ2) is 13.1. The molecule has 0 bridgehead atoms. The van der Waals surface area contributed by atoms with Crippen LogP contribution in [0.2, 0.25) is 5.02 Å². The molecule has 3 heterocycles. The summed E-state index contributed by atoms with van der Waals surface area (Å²) < 4.78 is 16.6. The van der Waals surface area contributed by atoms with E-state index in [0.717, 1.165) is 56.1 Å². The maximum atomic E-state index is 15.1. The number of hydrogen-bond acceptors (Lipinski definition) is 4. The van der Waals surface area contributed by atoms with Crippen LogP contribution < -0.4 is 22.5 Å². The number of fused-ring (bicyclic) bond motifs is 1. The van der Waals surface area contributed by atoms with Crippen molar-refractivity contribution in [1.82, 2.24) is 19.9 Å². The molecule has 0 spiro atoms. The van der Waals surface area contributed by atoms with Gasteiger partial charge >= 0.3 is 5.69 Å². The summed E-state index contributed by atoms with van der Waals surface area (Å²) in [7, 11) is 0. The van der Waals surface area contributed by atoms with Gasteiger partial charge in [0.15, 0.2) is 11.8 Å². The second-order valence-corrected chi connectivity index (χ2v) is 12.0. The van der Waals surface area contributed by atoms with E-state index in [2.05, 4.69) is 34.1 Å². The molecule has 0 saturated carbocycles. The third-order valence-corrected chi connectivity index (χ3v) is 8.24. The summed E-state index contributed by atoms with van der Waals surface area (Å²) in [5.41, 5.74) is 14.7. The Kier molecular flexibility index (Phi) is 9.28. The number of benzene rings is 2. The summed E-state index contributed by atoms with van der Waals surface area (Å²) in [6.45, 7) is 4.98. The van der Waals surface area contributed by atoms with E-state index in [-0.39, 0.29) is 17.0 Å². The monoisotopic (exact) mass is 591 g/mol. The smallest absolute Gasteiger partial charge is 0.354 e. The SMILES string of the molecule is CC(C)CCCc1cc(Cl)c(F)c(-c2cc3cn(-c4ccc([C@@H]5CCC[C@@H](CCN=C(N)N)N5)cc4)c(=O)nc3[nH]2)c1. The van der Waals surface area contributed by atoms with E-state index >= 15 is 4.39 Å². The van der Waals surface area contributed by atoms with E-state index in [1.54, 1.807) is 12.3 Å². The highest BCUT2D eigenvalue weighted by Crippen LogP contribution is 2.32. The molecule has 2 aromatic carbocycles. The van der Waals surface area contributed by atoms with Crippen LogP contribution in [0.3, 0.4) is 0 Å². The van der Waals surface area contributed by atoms with E-state index in [1.165, 1.54) is 4.57 Å². The molecular weight excluding hydrogens is 553 g/mol. The molecule has 6 N–H and O–H groups in total. The lowest BCUT2D eigenvalue weighted by Crippen LogP contribution is -2.37. The van der Waals surface area contributed by atoms with Crippen molar-refractivity contribution in [3.8, 4) is 16.9 Å². The molecule has 5 rings (SSSR count). The normalized spacial score (nSPS) is 17.2. The number of nitrogens with two attached hydrogens (primary N) is 2. The Bertz CT molecular complexity index is 1620. The second-order valence-electron chi connectivity index (χ2n) is 11.6. The van der Waals surface area contributed by atoms with E-state index in [4.69, 9.17) is 23.1 Å². The van der Waals surface area contributed by atoms with Crippen LogP contribution in [0.15, 0.2) is 58.4 Å². The van der Waals surface area contributed by atoms with Crippen molar-refractivity contribution in [2.24, 2.45) is 22.4 Å². The minimum Gasteiger partial charge on any atom is -0.370 e. The van der Waals surface area contributed by atoms with Crippen molar-refractivity contribution in [2.75, 3.05) is 6.54 Å². The van der Waals surface area contributed by atoms with Crippen LogP contribution in [0.5, 0.6) is 0 Å². The zero-order valence-electron chi connectivity index (χ0n) is 24.2. The first-order chi connectivity index (χ1) is 20.2. The molecule has 10 heteroatoms. The lowest BCUT2D eigenvalue weighted by molar-refractivity contribution is 0.315. The summed E-state index contributed by atoms with van der Waals surface area (Å²) in [6.07, 6.45) is 8.78. The van der Waals surface area contributed by atoms with Gasteiger partial charge in [0.2, 0.25) is 0 Å². The van der Waals surface area contributed by atoms with Gasteiger partial charge in [0.05, 0.1) is 16.4 Å². The molecular formula is C32H39ClFN7O. The Labute approximate surface area is 250 Å². The zero-order chi connectivity index (χ0) is 29.8. The van der Waals surface area contributed by atoms with Crippen LogP contribution in [0, 0.1) is 11.7 Å². The Balaban J connectivity index is 1.35. The number of nitrogens with one attached hydrogen (secondary N) is 2. The van der Waals surface area contributed by atoms with Crippen molar-refractivity contribution < 1.29 is 4.39 Å². The molecule has 8 nitrogen and oxygen atoms in total. The number of aliphatic imine (C=N–C) groups is 1. The number of nitrogens with zero attached hydrogens (tertiary/aromatic N) is 3. The van der Waals surface area contributed by atoms with Crippen LogP contribution in [0.1, 0.15) is 69.5 Å². The van der Waals surface area contributed by atoms with Crippen LogP contribution in [-0.4, -0.2) is 33.1 Å². The lowest BCUT2D eigenvalue weighted by Gasteiger charge is -2.31. The number of aromatic amines is 1. The number of aryl methyl sites for hydroxylation is 1. The molecule has 1 fully saturated rings. The van der Waals surface area contributed by atoms with Crippen molar-refractivity contribution in [2.45, 2.75) is 70.9 Å². The summed E-state index contributed by atoms with van der Waals surface area (Å²) in [5.74, 6) is 0.236. The molecule has 222 valence electrons. The van der Waals surface area contributed by atoms with E-state index in [1.807, 2.05) is 36.4 Å². The maximum Gasteiger partial charge on any atom is 0.354 e. The summed E-state index contributed by atoms with van der Waals surface area (Å²) in [5, 5.41) is 4.50. The number of halogens is 2. The minimum atomic E-state index is -0.489. The highest BCUT2D eigenvalue weighted by atomic mass is 35.5. The molecule has 0 radical (unpaired) electrons. The van der Waals surface area contributed by atoms with Gasteiger partial charge in [-0.2, -0.15) is 4.98 Å². The Morgan fingerprint density at radius 3 is 2.71 bits per heavy atom. The first-order valence-electron chi connectivity index (χ1n) is 14.7. The fraction of sp³-hybridized carbons (Fsp3) is 0.406. The summed E-state index contributed by atoms with van der Waals surface area (Å²) in [4.78, 5) is 24.5. The molecule has 0 amide bonds. The fourth-order valence-electron chi connectivity index (χ4n) is 5.75. The van der Waals surface area contributed by atoms with Crippen LogP contribution in [0.4, 0.5) is 4.39 Å². The van der Waals surface area contributed by atoms with Crippen LogP contribution in [-0.2, 0) is 6.42 Å². The van der Waals surface area contributed by atoms with E-state index in [9.17, 15) is 4.79 Å². The number of rotatable bonds is 10. The Morgan fingerprint density at radius 2 is 1.98 bits per heavy atom. The topological polar surface area (TPSA) is 127 Å². The van der Waals surface area contributed by atoms with Crippen molar-refractivity contribution in [1.29, 1.82) is 0 Å². The Hall–Kier alpha value is -3.69. The number of piperidine rings is 1. The average molecular weight is 592 g/mol. The predicted molar refractivity (Wildman–Crippen MR) is 169 cm³/mol. The van der Waals surface area contributed by atoms with Crippen molar-refractivity contribution in [3.05, 3.63) is 81.1 Å². The van der Waals surface area contributed by atoms with Gasteiger partial charge in [0, 0.05) is 35.8 Å². The number of aromatic nitrogens is 3. The van der Waals surface area contributed by atoms with Gasteiger partial charge in [-0.25, -0.2) is 9.18 Å². The molecule has 2 aromatic heterocycles. The van der Waals surface area contributed by atoms with Crippen molar-refractivity contribution >= 4 is 28.6 Å². The Morgan fingerprint density at radius 1 is 1.19 bits per heavy atom. The first-order valence-corrected chi connectivity index (χ1v) is 15.1. The first kappa shape index (κ1) is 29.8. The van der Waals surface area contributed by atoms with Gasteiger partial charge in [-0.05, 0) is 79.5 Å². The van der Waals surface area contributed by atoms with Crippen LogP contribution >= 0.6 is 11.6 Å². The molecule has 42 heavy (non-hydrogen) atoms. The van der Waals surface area contributed by atoms with Gasteiger partial charge in [-0.3, -0.25) is 9.56 Å². The molecule has 4 aromatic rings. The predicted octanol–water partition coefficient (Wildman–Crippen LogP) is 6.00. The van der Waals surface area contributed by atoms with Gasteiger partial charge in [0.25, 0.3) is 0 Å². The standard InChI is InChI=1S/C32H39ClFN7O/c1-19(2)5-3-6-20-15-25(29(34)26(33)16-20)28-17-22-18-41(32(42)40-30(22)39-28)24-11-9-21(10-12-24)27-8-4-7-23(38-27)13-14-37-31(35)36/h9-12,15-19,23,27,38H,3-8,13-14H2,1-2H3,(H4,35,36,37)(H,39,40,42)/t23-,27-/m0/s1. The molecule has 1 aliphatic rings. The maximum absolute atomic E-state index is 15.1.